The Kier molecular flexibility index (Phi) is 5.18. The Bertz CT molecular complexity index is 469. The number of halogens is 1. The molecule has 0 aromatic heterocycles. The van der Waals surface area contributed by atoms with E-state index in [2.05, 4.69) is 4.74 Å². The minimum Gasteiger partial charge on any atom is -0.468 e. The Morgan fingerprint density at radius 3 is 2.53 bits per heavy atom. The monoisotopic (exact) mass is 284 g/mol. The number of anilines is 1. The molecule has 1 aromatic carbocycles. The van der Waals surface area contributed by atoms with Gasteiger partial charge in [0.1, 0.15) is 6.54 Å². The molecule has 19 heavy (non-hydrogen) atoms. The maximum atomic E-state index is 12.4. The minimum atomic E-state index is -0.493. The molecule has 0 aliphatic heterocycles. The van der Waals surface area contributed by atoms with Gasteiger partial charge in [-0.15, -0.1) is 0 Å². The van der Waals surface area contributed by atoms with Crippen LogP contribution in [0.25, 0.3) is 0 Å². The van der Waals surface area contributed by atoms with Crippen molar-refractivity contribution in [2.45, 2.75) is 19.9 Å². The minimum absolute atomic E-state index is 0.141. The molecule has 0 atom stereocenters. The number of nitrogens with two attached hydrogens (primary N) is 1. The molecule has 0 heterocycles. The second-order valence-corrected chi connectivity index (χ2v) is 4.71. The van der Waals surface area contributed by atoms with Gasteiger partial charge in [-0.25, -0.2) is 0 Å². The van der Waals surface area contributed by atoms with Crippen molar-refractivity contribution in [1.82, 2.24) is 4.90 Å². The molecule has 0 aliphatic carbocycles. The van der Waals surface area contributed by atoms with Crippen molar-refractivity contribution in [3.8, 4) is 0 Å². The summed E-state index contributed by atoms with van der Waals surface area (Å²) in [6, 6.07) is 4.66. The van der Waals surface area contributed by atoms with Gasteiger partial charge in [0.2, 0.25) is 0 Å². The summed E-state index contributed by atoms with van der Waals surface area (Å²) >= 11 is 6.00. The van der Waals surface area contributed by atoms with Gasteiger partial charge in [-0.1, -0.05) is 17.7 Å². The summed E-state index contributed by atoms with van der Waals surface area (Å²) in [5.41, 5.74) is 6.27. The topological polar surface area (TPSA) is 72.6 Å². The van der Waals surface area contributed by atoms with Gasteiger partial charge < -0.3 is 15.4 Å². The number of nitrogens with zero attached hydrogens (tertiary/aromatic N) is 1. The Labute approximate surface area is 117 Å². The summed E-state index contributed by atoms with van der Waals surface area (Å²) in [5, 5.41) is 0.264. The third-order valence-electron chi connectivity index (χ3n) is 2.67. The molecule has 1 aromatic rings. The second-order valence-electron chi connectivity index (χ2n) is 4.31. The number of nitrogen functional groups attached to an aromatic ring is 1. The zero-order chi connectivity index (χ0) is 14.6. The Morgan fingerprint density at radius 2 is 2.05 bits per heavy atom. The fourth-order valence-electron chi connectivity index (χ4n) is 1.60. The number of rotatable bonds is 4. The first-order valence-electron chi connectivity index (χ1n) is 5.80. The number of ether oxygens (including phenoxy) is 1. The molecule has 1 rings (SSSR count). The number of benzene rings is 1. The van der Waals surface area contributed by atoms with Crippen LogP contribution in [0.15, 0.2) is 18.2 Å². The summed E-state index contributed by atoms with van der Waals surface area (Å²) in [6.07, 6.45) is 0. The van der Waals surface area contributed by atoms with Crippen molar-refractivity contribution in [1.29, 1.82) is 0 Å². The van der Waals surface area contributed by atoms with E-state index in [-0.39, 0.29) is 34.8 Å². The van der Waals surface area contributed by atoms with Crippen LogP contribution in [-0.4, -0.2) is 36.5 Å². The van der Waals surface area contributed by atoms with Crippen LogP contribution in [0, 0.1) is 0 Å². The number of methoxy groups -OCH3 is 1. The van der Waals surface area contributed by atoms with E-state index in [1.165, 1.54) is 12.0 Å². The first-order valence-corrected chi connectivity index (χ1v) is 6.18. The van der Waals surface area contributed by atoms with E-state index < -0.39 is 5.97 Å². The molecule has 0 aliphatic rings. The van der Waals surface area contributed by atoms with Crippen LogP contribution >= 0.6 is 11.6 Å². The average molecular weight is 285 g/mol. The lowest BCUT2D eigenvalue weighted by Crippen LogP contribution is -2.41. The molecule has 0 unspecified atom stereocenters. The van der Waals surface area contributed by atoms with Crippen molar-refractivity contribution >= 4 is 29.2 Å². The van der Waals surface area contributed by atoms with E-state index >= 15 is 0 Å². The molecular weight excluding hydrogens is 268 g/mol. The van der Waals surface area contributed by atoms with Crippen molar-refractivity contribution in [3.05, 3.63) is 28.8 Å². The standard InChI is InChI=1S/C13H17ClN2O3/c1-8(2)16(7-11(17)19-3)13(18)12-9(14)5-4-6-10(12)15/h4-6,8H,7,15H2,1-3H3. The zero-order valence-corrected chi connectivity index (χ0v) is 11.9. The fraction of sp³-hybridized carbons (Fsp3) is 0.385. The summed E-state index contributed by atoms with van der Waals surface area (Å²) in [6.45, 7) is 3.46. The van der Waals surface area contributed by atoms with Crippen LogP contribution in [0.2, 0.25) is 5.02 Å². The summed E-state index contributed by atoms with van der Waals surface area (Å²) in [7, 11) is 1.27. The van der Waals surface area contributed by atoms with Gasteiger partial charge in [-0.3, -0.25) is 9.59 Å². The molecule has 2 N–H and O–H groups in total. The molecule has 6 heteroatoms. The van der Waals surface area contributed by atoms with Crippen molar-refractivity contribution < 1.29 is 14.3 Å². The number of carbonyl (C=O) groups is 2. The van der Waals surface area contributed by atoms with Gasteiger partial charge in [-0.05, 0) is 26.0 Å². The molecule has 0 saturated carbocycles. The van der Waals surface area contributed by atoms with E-state index in [0.717, 1.165) is 0 Å². The maximum Gasteiger partial charge on any atom is 0.325 e. The highest BCUT2D eigenvalue weighted by Crippen LogP contribution is 2.24. The lowest BCUT2D eigenvalue weighted by molar-refractivity contribution is -0.141. The SMILES string of the molecule is COC(=O)CN(C(=O)c1c(N)cccc1Cl)C(C)C. The molecule has 0 radical (unpaired) electrons. The van der Waals surface area contributed by atoms with E-state index in [4.69, 9.17) is 17.3 Å². The highest BCUT2D eigenvalue weighted by Gasteiger charge is 2.25. The maximum absolute atomic E-state index is 12.4. The molecule has 0 fully saturated rings. The van der Waals surface area contributed by atoms with Gasteiger partial charge >= 0.3 is 5.97 Å². The zero-order valence-electron chi connectivity index (χ0n) is 11.1. The number of amides is 1. The van der Waals surface area contributed by atoms with Crippen LogP contribution in [0.5, 0.6) is 0 Å². The van der Waals surface area contributed by atoms with E-state index in [0.29, 0.717) is 0 Å². The van der Waals surface area contributed by atoms with Gasteiger partial charge in [0.25, 0.3) is 5.91 Å². The predicted octanol–water partition coefficient (Wildman–Crippen LogP) is 1.95. The fourth-order valence-corrected chi connectivity index (χ4v) is 1.87. The van der Waals surface area contributed by atoms with E-state index in [1.54, 1.807) is 32.0 Å². The Hall–Kier alpha value is -1.75. The van der Waals surface area contributed by atoms with Crippen LogP contribution in [0.4, 0.5) is 5.69 Å². The number of hydrogen-bond donors (Lipinski definition) is 1. The molecule has 0 bridgehead atoms. The first-order chi connectivity index (χ1) is 8.88. The third-order valence-corrected chi connectivity index (χ3v) is 2.99. The lowest BCUT2D eigenvalue weighted by atomic mass is 10.1. The van der Waals surface area contributed by atoms with Crippen LogP contribution in [0.3, 0.4) is 0 Å². The Morgan fingerprint density at radius 1 is 1.42 bits per heavy atom. The molecular formula is C13H17ClN2O3. The molecule has 5 nitrogen and oxygen atoms in total. The summed E-state index contributed by atoms with van der Waals surface area (Å²) in [5.74, 6) is -0.879. The van der Waals surface area contributed by atoms with Gasteiger partial charge in [-0.2, -0.15) is 0 Å². The van der Waals surface area contributed by atoms with Gasteiger partial charge in [0, 0.05) is 11.7 Å². The van der Waals surface area contributed by atoms with E-state index in [9.17, 15) is 9.59 Å². The van der Waals surface area contributed by atoms with Gasteiger partial charge in [0.05, 0.1) is 17.7 Å². The van der Waals surface area contributed by atoms with Crippen LogP contribution < -0.4 is 5.73 Å². The van der Waals surface area contributed by atoms with Gasteiger partial charge in [0.15, 0.2) is 0 Å². The number of carbonyl (C=O) groups excluding carboxylic acids is 2. The summed E-state index contributed by atoms with van der Waals surface area (Å²) < 4.78 is 4.58. The van der Waals surface area contributed by atoms with Crippen molar-refractivity contribution in [3.63, 3.8) is 0 Å². The van der Waals surface area contributed by atoms with Crippen molar-refractivity contribution in [2.75, 3.05) is 19.4 Å². The molecule has 0 spiro atoms. The first kappa shape index (κ1) is 15.3. The molecule has 0 saturated heterocycles. The smallest absolute Gasteiger partial charge is 0.325 e. The lowest BCUT2D eigenvalue weighted by Gasteiger charge is -2.26. The highest BCUT2D eigenvalue weighted by molar-refractivity contribution is 6.34. The van der Waals surface area contributed by atoms with Crippen LogP contribution in [-0.2, 0) is 9.53 Å². The van der Waals surface area contributed by atoms with Crippen molar-refractivity contribution in [2.24, 2.45) is 0 Å². The van der Waals surface area contributed by atoms with Crippen LogP contribution in [0.1, 0.15) is 24.2 Å². The van der Waals surface area contributed by atoms with E-state index in [1.807, 2.05) is 0 Å². The predicted molar refractivity (Wildman–Crippen MR) is 74.1 cm³/mol. The highest BCUT2D eigenvalue weighted by atomic mass is 35.5. The summed E-state index contributed by atoms with van der Waals surface area (Å²) in [4.78, 5) is 25.1. The Balaban J connectivity index is 3.10. The third kappa shape index (κ3) is 3.61. The second kappa shape index (κ2) is 6.43. The molecule has 1 amide bonds. The molecule has 104 valence electrons. The number of esters is 1. The average Bonchev–Trinajstić information content (AvgIpc) is 2.34. The largest absolute Gasteiger partial charge is 0.468 e. The normalized spacial score (nSPS) is 10.4. The number of hydrogen-bond acceptors (Lipinski definition) is 4. The quantitative estimate of drug-likeness (QED) is 0.677.